The van der Waals surface area contributed by atoms with Crippen LogP contribution in [0, 0.1) is 0 Å². The molecule has 0 saturated carbocycles. The SMILES string of the molecule is CCC(C)(O)CCOc1ccccc1. The smallest absolute Gasteiger partial charge is 0.119 e. The predicted octanol–water partition coefficient (Wildman–Crippen LogP) is 2.62. The second kappa shape index (κ2) is 5.01. The molecule has 2 heteroatoms. The van der Waals surface area contributed by atoms with Gasteiger partial charge >= 0.3 is 0 Å². The fraction of sp³-hybridized carbons (Fsp3) is 0.500. The normalized spacial score (nSPS) is 14.8. The third-order valence-electron chi connectivity index (χ3n) is 2.41. The van der Waals surface area contributed by atoms with E-state index >= 15 is 0 Å². The molecule has 78 valence electrons. The Balaban J connectivity index is 2.29. The lowest BCUT2D eigenvalue weighted by Gasteiger charge is -2.20. The molecule has 0 aliphatic heterocycles. The maximum absolute atomic E-state index is 9.72. The van der Waals surface area contributed by atoms with Crippen molar-refractivity contribution < 1.29 is 9.84 Å². The van der Waals surface area contributed by atoms with Crippen molar-refractivity contribution in [3.8, 4) is 5.75 Å². The number of ether oxygens (including phenoxy) is 1. The van der Waals surface area contributed by atoms with Crippen molar-refractivity contribution in [3.63, 3.8) is 0 Å². The molecule has 0 aliphatic carbocycles. The van der Waals surface area contributed by atoms with Crippen LogP contribution in [0.15, 0.2) is 30.3 Å². The lowest BCUT2D eigenvalue weighted by Crippen LogP contribution is -2.25. The zero-order chi connectivity index (χ0) is 10.4. The second-order valence-corrected chi connectivity index (χ2v) is 3.76. The Morgan fingerprint density at radius 1 is 1.29 bits per heavy atom. The van der Waals surface area contributed by atoms with Gasteiger partial charge in [0.15, 0.2) is 0 Å². The highest BCUT2D eigenvalue weighted by Gasteiger charge is 2.16. The topological polar surface area (TPSA) is 29.5 Å². The first-order valence-corrected chi connectivity index (χ1v) is 5.04. The van der Waals surface area contributed by atoms with Crippen molar-refractivity contribution in [2.24, 2.45) is 0 Å². The summed E-state index contributed by atoms with van der Waals surface area (Å²) in [6.45, 7) is 4.37. The van der Waals surface area contributed by atoms with E-state index < -0.39 is 5.60 Å². The predicted molar refractivity (Wildman–Crippen MR) is 57.5 cm³/mol. The van der Waals surface area contributed by atoms with Crippen LogP contribution in [0.4, 0.5) is 0 Å². The molecule has 0 aliphatic rings. The summed E-state index contributed by atoms with van der Waals surface area (Å²) >= 11 is 0. The lowest BCUT2D eigenvalue weighted by molar-refractivity contribution is 0.0333. The maximum Gasteiger partial charge on any atom is 0.119 e. The van der Waals surface area contributed by atoms with Crippen LogP contribution in [0.5, 0.6) is 5.75 Å². The molecule has 1 N–H and O–H groups in total. The van der Waals surface area contributed by atoms with Crippen LogP contribution in [0.2, 0.25) is 0 Å². The van der Waals surface area contributed by atoms with Gasteiger partial charge in [-0.3, -0.25) is 0 Å². The van der Waals surface area contributed by atoms with Crippen LogP contribution in [0.1, 0.15) is 26.7 Å². The van der Waals surface area contributed by atoms with Crippen molar-refractivity contribution in [3.05, 3.63) is 30.3 Å². The number of benzene rings is 1. The van der Waals surface area contributed by atoms with Gasteiger partial charge < -0.3 is 9.84 Å². The standard InChI is InChI=1S/C12H18O2/c1-3-12(2,13)9-10-14-11-7-5-4-6-8-11/h4-8,13H,3,9-10H2,1-2H3. The summed E-state index contributed by atoms with van der Waals surface area (Å²) in [5.41, 5.74) is -0.602. The van der Waals surface area contributed by atoms with Gasteiger partial charge in [-0.15, -0.1) is 0 Å². The third kappa shape index (κ3) is 3.79. The van der Waals surface area contributed by atoms with Crippen LogP contribution in [0.3, 0.4) is 0 Å². The van der Waals surface area contributed by atoms with Gasteiger partial charge in [-0.25, -0.2) is 0 Å². The van der Waals surface area contributed by atoms with Crippen molar-refractivity contribution >= 4 is 0 Å². The van der Waals surface area contributed by atoms with Gasteiger partial charge in [0.05, 0.1) is 12.2 Å². The molecule has 1 aromatic carbocycles. The van der Waals surface area contributed by atoms with E-state index in [1.807, 2.05) is 44.2 Å². The Labute approximate surface area is 85.5 Å². The van der Waals surface area contributed by atoms with Crippen molar-refractivity contribution in [2.45, 2.75) is 32.3 Å². The Kier molecular flexibility index (Phi) is 3.96. The molecule has 0 fully saturated rings. The van der Waals surface area contributed by atoms with Gasteiger partial charge in [-0.05, 0) is 25.5 Å². The summed E-state index contributed by atoms with van der Waals surface area (Å²) in [5, 5.41) is 9.72. The average Bonchev–Trinajstić information content (AvgIpc) is 2.19. The van der Waals surface area contributed by atoms with Gasteiger partial charge in [0.25, 0.3) is 0 Å². The first-order valence-electron chi connectivity index (χ1n) is 5.04. The van der Waals surface area contributed by atoms with E-state index in [1.54, 1.807) is 0 Å². The highest BCUT2D eigenvalue weighted by atomic mass is 16.5. The molecule has 1 atom stereocenters. The molecular formula is C12H18O2. The van der Waals surface area contributed by atoms with Crippen LogP contribution >= 0.6 is 0 Å². The molecule has 0 spiro atoms. The van der Waals surface area contributed by atoms with Gasteiger partial charge in [-0.1, -0.05) is 25.1 Å². The summed E-state index contributed by atoms with van der Waals surface area (Å²) in [6.07, 6.45) is 1.42. The Morgan fingerprint density at radius 2 is 1.93 bits per heavy atom. The number of rotatable bonds is 5. The summed E-state index contributed by atoms with van der Waals surface area (Å²) < 4.78 is 5.48. The summed E-state index contributed by atoms with van der Waals surface area (Å²) in [5.74, 6) is 0.861. The molecule has 0 bridgehead atoms. The first kappa shape index (κ1) is 11.1. The van der Waals surface area contributed by atoms with E-state index in [4.69, 9.17) is 4.74 Å². The Bertz CT molecular complexity index is 254. The van der Waals surface area contributed by atoms with Crippen molar-refractivity contribution in [1.82, 2.24) is 0 Å². The molecule has 0 aromatic heterocycles. The molecule has 0 saturated heterocycles. The number of para-hydroxylation sites is 1. The van der Waals surface area contributed by atoms with Crippen LogP contribution in [-0.4, -0.2) is 17.3 Å². The second-order valence-electron chi connectivity index (χ2n) is 3.76. The zero-order valence-corrected chi connectivity index (χ0v) is 8.86. The monoisotopic (exact) mass is 194 g/mol. The van der Waals surface area contributed by atoms with E-state index in [0.29, 0.717) is 13.0 Å². The molecular weight excluding hydrogens is 176 g/mol. The van der Waals surface area contributed by atoms with Crippen LogP contribution < -0.4 is 4.74 Å². The molecule has 2 nitrogen and oxygen atoms in total. The molecule has 0 heterocycles. The van der Waals surface area contributed by atoms with Crippen molar-refractivity contribution in [2.75, 3.05) is 6.61 Å². The minimum atomic E-state index is -0.602. The van der Waals surface area contributed by atoms with Gasteiger partial charge in [0.2, 0.25) is 0 Å². The fourth-order valence-electron chi connectivity index (χ4n) is 1.08. The van der Waals surface area contributed by atoms with E-state index in [1.165, 1.54) is 0 Å². The largest absolute Gasteiger partial charge is 0.493 e. The molecule has 1 rings (SSSR count). The van der Waals surface area contributed by atoms with Crippen molar-refractivity contribution in [1.29, 1.82) is 0 Å². The highest BCUT2D eigenvalue weighted by molar-refractivity contribution is 5.20. The van der Waals surface area contributed by atoms with Crippen LogP contribution in [-0.2, 0) is 0 Å². The van der Waals surface area contributed by atoms with E-state index in [-0.39, 0.29) is 0 Å². The summed E-state index contributed by atoms with van der Waals surface area (Å²) in [7, 11) is 0. The minimum Gasteiger partial charge on any atom is -0.493 e. The van der Waals surface area contributed by atoms with E-state index in [2.05, 4.69) is 0 Å². The molecule has 1 unspecified atom stereocenters. The Morgan fingerprint density at radius 3 is 2.50 bits per heavy atom. The maximum atomic E-state index is 9.72. The molecule has 0 amide bonds. The number of aliphatic hydroxyl groups is 1. The fourth-order valence-corrected chi connectivity index (χ4v) is 1.08. The van der Waals surface area contributed by atoms with Gasteiger partial charge in [0, 0.05) is 6.42 Å². The van der Waals surface area contributed by atoms with Gasteiger partial charge in [-0.2, -0.15) is 0 Å². The number of hydrogen-bond donors (Lipinski definition) is 1. The third-order valence-corrected chi connectivity index (χ3v) is 2.41. The summed E-state index contributed by atoms with van der Waals surface area (Å²) in [4.78, 5) is 0. The van der Waals surface area contributed by atoms with Crippen LogP contribution in [0.25, 0.3) is 0 Å². The average molecular weight is 194 g/mol. The first-order chi connectivity index (χ1) is 6.64. The zero-order valence-electron chi connectivity index (χ0n) is 8.86. The van der Waals surface area contributed by atoms with E-state index in [9.17, 15) is 5.11 Å². The molecule has 14 heavy (non-hydrogen) atoms. The number of hydrogen-bond acceptors (Lipinski definition) is 2. The lowest BCUT2D eigenvalue weighted by atomic mass is 10.0. The summed E-state index contributed by atoms with van der Waals surface area (Å²) in [6, 6.07) is 9.66. The molecule has 0 radical (unpaired) electrons. The van der Waals surface area contributed by atoms with Gasteiger partial charge in [0.1, 0.15) is 5.75 Å². The highest BCUT2D eigenvalue weighted by Crippen LogP contribution is 2.15. The van der Waals surface area contributed by atoms with E-state index in [0.717, 1.165) is 12.2 Å². The molecule has 1 aromatic rings. The Hall–Kier alpha value is -1.02. The minimum absolute atomic E-state index is 0.560. The quantitative estimate of drug-likeness (QED) is 0.780.